The lowest BCUT2D eigenvalue weighted by molar-refractivity contribution is 0.385. The number of hydrogen-bond acceptors (Lipinski definition) is 4. The highest BCUT2D eigenvalue weighted by atomic mass is 16.5. The second-order valence-corrected chi connectivity index (χ2v) is 3.10. The van der Waals surface area contributed by atoms with E-state index in [4.69, 9.17) is 9.05 Å². The van der Waals surface area contributed by atoms with Gasteiger partial charge in [-0.15, -0.1) is 0 Å². The topological polar surface area (TPSA) is 52.1 Å². The summed E-state index contributed by atoms with van der Waals surface area (Å²) in [5.74, 6) is 0. The molecule has 0 spiro atoms. The fraction of sp³-hybridized carbons (Fsp3) is 0.222. The van der Waals surface area contributed by atoms with Crippen LogP contribution in [0.1, 0.15) is 18.3 Å². The third-order valence-corrected chi connectivity index (χ3v) is 2.01. The zero-order valence-electron chi connectivity index (χ0n) is 7.23. The molecule has 2 rings (SSSR count). The minimum atomic E-state index is -0.514. The lowest BCUT2D eigenvalue weighted by Crippen LogP contribution is -2.20. The van der Waals surface area contributed by atoms with E-state index in [0.717, 1.165) is 11.4 Å². The molecule has 0 fully saturated rings. The van der Waals surface area contributed by atoms with E-state index < -0.39 is 5.41 Å². The highest BCUT2D eigenvalue weighted by Crippen LogP contribution is 2.27. The molecule has 0 aliphatic carbocycles. The van der Waals surface area contributed by atoms with Crippen molar-refractivity contribution in [2.45, 2.75) is 12.3 Å². The Kier molecular flexibility index (Phi) is 1.69. The summed E-state index contributed by atoms with van der Waals surface area (Å²) in [5, 5.41) is 7.65. The van der Waals surface area contributed by atoms with Gasteiger partial charge < -0.3 is 9.05 Å². The van der Waals surface area contributed by atoms with Crippen molar-refractivity contribution in [3.05, 3.63) is 43.0 Å². The third-order valence-electron chi connectivity index (χ3n) is 2.01. The van der Waals surface area contributed by atoms with E-state index in [1.54, 1.807) is 12.1 Å². The molecule has 4 heteroatoms. The van der Waals surface area contributed by atoms with Crippen molar-refractivity contribution in [2.75, 3.05) is 0 Å². The van der Waals surface area contributed by atoms with Crippen LogP contribution in [0.4, 0.5) is 0 Å². The first-order valence-corrected chi connectivity index (χ1v) is 3.88. The molecule has 67 valence electrons. The molecule has 2 aromatic heterocycles. The molecule has 0 amide bonds. The van der Waals surface area contributed by atoms with Crippen molar-refractivity contribution in [3.8, 4) is 0 Å². The van der Waals surface area contributed by atoms with Gasteiger partial charge >= 0.3 is 0 Å². The second-order valence-electron chi connectivity index (χ2n) is 3.10. The predicted molar refractivity (Wildman–Crippen MR) is 44.8 cm³/mol. The summed E-state index contributed by atoms with van der Waals surface area (Å²) in [4.78, 5) is 0. The maximum absolute atomic E-state index is 4.75. The standard InChI is InChI=1S/C9H9N2O2/c1-9(2,7-3-5-12-10-7)8-4-6-13-11-8/h3-6H,1H2,2H3. The molecule has 0 saturated carbocycles. The summed E-state index contributed by atoms with van der Waals surface area (Å²) in [6.45, 7) is 5.92. The predicted octanol–water partition coefficient (Wildman–Crippen LogP) is 1.80. The van der Waals surface area contributed by atoms with E-state index in [-0.39, 0.29) is 0 Å². The van der Waals surface area contributed by atoms with Gasteiger partial charge in [0.2, 0.25) is 0 Å². The van der Waals surface area contributed by atoms with E-state index in [1.165, 1.54) is 12.5 Å². The van der Waals surface area contributed by atoms with Crippen LogP contribution in [0.25, 0.3) is 0 Å². The molecule has 0 aliphatic rings. The SMILES string of the molecule is [CH2]C(C)(c1ccon1)c1ccon1. The zero-order chi connectivity index (χ0) is 9.31. The summed E-state index contributed by atoms with van der Waals surface area (Å²) < 4.78 is 9.50. The summed E-state index contributed by atoms with van der Waals surface area (Å²) >= 11 is 0. The van der Waals surface area contributed by atoms with Crippen molar-refractivity contribution >= 4 is 0 Å². The van der Waals surface area contributed by atoms with Crippen molar-refractivity contribution in [2.24, 2.45) is 0 Å². The second kappa shape index (κ2) is 2.73. The fourth-order valence-corrected chi connectivity index (χ4v) is 1.13. The Balaban J connectivity index is 2.42. The molecule has 1 radical (unpaired) electrons. The molecule has 2 heterocycles. The van der Waals surface area contributed by atoms with Crippen molar-refractivity contribution < 1.29 is 9.05 Å². The summed E-state index contributed by atoms with van der Waals surface area (Å²) in [6, 6.07) is 3.53. The largest absolute Gasteiger partial charge is 0.364 e. The molecule has 0 bridgehead atoms. The average molecular weight is 177 g/mol. The Labute approximate surface area is 75.5 Å². The van der Waals surface area contributed by atoms with Crippen LogP contribution in [0.3, 0.4) is 0 Å². The van der Waals surface area contributed by atoms with Crippen LogP contribution in [0, 0.1) is 6.92 Å². The Morgan fingerprint density at radius 1 is 1.15 bits per heavy atom. The van der Waals surface area contributed by atoms with Crippen LogP contribution in [-0.2, 0) is 5.41 Å². The van der Waals surface area contributed by atoms with Crippen molar-refractivity contribution in [1.82, 2.24) is 10.3 Å². The molecule has 0 N–H and O–H groups in total. The van der Waals surface area contributed by atoms with Crippen LogP contribution in [0.2, 0.25) is 0 Å². The first-order valence-electron chi connectivity index (χ1n) is 3.88. The first kappa shape index (κ1) is 8.04. The van der Waals surface area contributed by atoms with Crippen molar-refractivity contribution in [1.29, 1.82) is 0 Å². The maximum atomic E-state index is 4.75. The van der Waals surface area contributed by atoms with Crippen LogP contribution >= 0.6 is 0 Å². The summed E-state index contributed by atoms with van der Waals surface area (Å²) in [6.07, 6.45) is 3.03. The van der Waals surface area contributed by atoms with Crippen molar-refractivity contribution in [3.63, 3.8) is 0 Å². The van der Waals surface area contributed by atoms with Gasteiger partial charge in [0.25, 0.3) is 0 Å². The summed E-state index contributed by atoms with van der Waals surface area (Å²) in [5.41, 5.74) is 0.961. The van der Waals surface area contributed by atoms with Crippen LogP contribution < -0.4 is 0 Å². The van der Waals surface area contributed by atoms with E-state index >= 15 is 0 Å². The van der Waals surface area contributed by atoms with Crippen LogP contribution in [0.5, 0.6) is 0 Å². The molecule has 0 aliphatic heterocycles. The van der Waals surface area contributed by atoms with E-state index in [0.29, 0.717) is 0 Å². The molecule has 2 aromatic rings. The van der Waals surface area contributed by atoms with Gasteiger partial charge in [0.1, 0.15) is 12.5 Å². The molecule has 13 heavy (non-hydrogen) atoms. The van der Waals surface area contributed by atoms with Gasteiger partial charge in [0.05, 0.1) is 16.8 Å². The van der Waals surface area contributed by atoms with Gasteiger partial charge in [0, 0.05) is 12.1 Å². The number of nitrogens with zero attached hydrogens (tertiary/aromatic N) is 2. The molecule has 0 aromatic carbocycles. The Hall–Kier alpha value is -1.58. The Morgan fingerprint density at radius 2 is 1.62 bits per heavy atom. The van der Waals surface area contributed by atoms with Gasteiger partial charge in [0.15, 0.2) is 0 Å². The van der Waals surface area contributed by atoms with Gasteiger partial charge in [-0.05, 0) is 13.8 Å². The number of hydrogen-bond donors (Lipinski definition) is 0. The molecule has 0 atom stereocenters. The molecule has 4 nitrogen and oxygen atoms in total. The quantitative estimate of drug-likeness (QED) is 0.701. The van der Waals surface area contributed by atoms with E-state index in [9.17, 15) is 0 Å². The number of rotatable bonds is 2. The Bertz CT molecular complexity index is 326. The maximum Gasteiger partial charge on any atom is 0.124 e. The van der Waals surface area contributed by atoms with Crippen LogP contribution in [0.15, 0.2) is 33.7 Å². The molecule has 0 unspecified atom stereocenters. The minimum Gasteiger partial charge on any atom is -0.364 e. The van der Waals surface area contributed by atoms with Gasteiger partial charge in [-0.1, -0.05) is 10.3 Å². The normalized spacial score (nSPS) is 11.8. The minimum absolute atomic E-state index is 0.514. The smallest absolute Gasteiger partial charge is 0.124 e. The van der Waals surface area contributed by atoms with Crippen LogP contribution in [-0.4, -0.2) is 10.3 Å². The van der Waals surface area contributed by atoms with Gasteiger partial charge in [-0.25, -0.2) is 0 Å². The Morgan fingerprint density at radius 3 is 1.92 bits per heavy atom. The third kappa shape index (κ3) is 1.24. The first-order chi connectivity index (χ1) is 6.21. The lowest BCUT2D eigenvalue weighted by atomic mass is 9.86. The fourth-order valence-electron chi connectivity index (χ4n) is 1.13. The van der Waals surface area contributed by atoms with E-state index in [1.807, 2.05) is 6.92 Å². The van der Waals surface area contributed by atoms with E-state index in [2.05, 4.69) is 17.2 Å². The zero-order valence-corrected chi connectivity index (χ0v) is 7.23. The molecular formula is C9H9N2O2. The highest BCUT2D eigenvalue weighted by Gasteiger charge is 2.28. The van der Waals surface area contributed by atoms with Gasteiger partial charge in [-0.2, -0.15) is 0 Å². The average Bonchev–Trinajstić information content (AvgIpc) is 2.78. The number of aromatic nitrogens is 2. The highest BCUT2D eigenvalue weighted by molar-refractivity contribution is 5.28. The summed E-state index contributed by atoms with van der Waals surface area (Å²) in [7, 11) is 0. The molecule has 0 saturated heterocycles. The van der Waals surface area contributed by atoms with Gasteiger partial charge in [-0.3, -0.25) is 0 Å². The monoisotopic (exact) mass is 177 g/mol. The molecular weight excluding hydrogens is 168 g/mol. The lowest BCUT2D eigenvalue weighted by Gasteiger charge is -2.17.